The third-order valence-corrected chi connectivity index (χ3v) is 4.66. The van der Waals surface area contributed by atoms with E-state index in [1.54, 1.807) is 11.4 Å². The van der Waals surface area contributed by atoms with E-state index in [2.05, 4.69) is 23.2 Å². The molecule has 0 bridgehead atoms. The summed E-state index contributed by atoms with van der Waals surface area (Å²) in [4.78, 5) is 14.3. The summed E-state index contributed by atoms with van der Waals surface area (Å²) in [5.74, 6) is -0.0730. The van der Waals surface area contributed by atoms with Crippen LogP contribution in [0.15, 0.2) is 11.4 Å². The van der Waals surface area contributed by atoms with Gasteiger partial charge < -0.3 is 11.1 Å². The summed E-state index contributed by atoms with van der Waals surface area (Å²) in [7, 11) is 0. The minimum Gasteiger partial charge on any atom is -0.329 e. The number of amides is 1. The standard InChI is InChI=1S/C14H20N4OS/c1-10-3-2-4-12(8-16)18(10)9-13(19)17-14-11(7-15)5-6-20-14/h5-6,10,12H,2-4,8-9,16H2,1H3,(H,17,19). The van der Waals surface area contributed by atoms with Crippen molar-refractivity contribution in [2.75, 3.05) is 18.4 Å². The molecule has 2 unspecified atom stereocenters. The van der Waals surface area contributed by atoms with E-state index in [4.69, 9.17) is 11.0 Å². The van der Waals surface area contributed by atoms with Crippen LogP contribution in [-0.4, -0.2) is 36.0 Å². The number of nitrogens with two attached hydrogens (primary N) is 1. The van der Waals surface area contributed by atoms with Gasteiger partial charge in [0.05, 0.1) is 12.1 Å². The van der Waals surface area contributed by atoms with Crippen molar-refractivity contribution < 1.29 is 4.79 Å². The zero-order valence-corrected chi connectivity index (χ0v) is 12.4. The van der Waals surface area contributed by atoms with Crippen LogP contribution < -0.4 is 11.1 Å². The molecule has 0 spiro atoms. The summed E-state index contributed by atoms with van der Waals surface area (Å²) in [6.45, 7) is 3.06. The summed E-state index contributed by atoms with van der Waals surface area (Å²) in [5, 5.41) is 14.2. The molecule has 3 N–H and O–H groups in total. The smallest absolute Gasteiger partial charge is 0.239 e. The fourth-order valence-corrected chi connectivity index (χ4v) is 3.46. The van der Waals surface area contributed by atoms with Crippen molar-refractivity contribution in [3.63, 3.8) is 0 Å². The van der Waals surface area contributed by atoms with Crippen molar-refractivity contribution in [1.82, 2.24) is 4.90 Å². The van der Waals surface area contributed by atoms with Crippen molar-refractivity contribution in [1.29, 1.82) is 5.26 Å². The Morgan fingerprint density at radius 3 is 3.15 bits per heavy atom. The van der Waals surface area contributed by atoms with E-state index in [0.29, 0.717) is 29.7 Å². The molecule has 2 rings (SSSR count). The molecule has 20 heavy (non-hydrogen) atoms. The molecule has 1 fully saturated rings. The molecule has 1 saturated heterocycles. The van der Waals surface area contributed by atoms with Gasteiger partial charge in [-0.05, 0) is 31.2 Å². The second kappa shape index (κ2) is 6.84. The Labute approximate surface area is 123 Å². The van der Waals surface area contributed by atoms with Crippen molar-refractivity contribution in [3.8, 4) is 6.07 Å². The summed E-state index contributed by atoms with van der Waals surface area (Å²) in [5.41, 5.74) is 6.32. The fourth-order valence-electron chi connectivity index (χ4n) is 2.70. The minimum atomic E-state index is -0.0730. The molecule has 1 aliphatic heterocycles. The molecule has 108 valence electrons. The van der Waals surface area contributed by atoms with Gasteiger partial charge in [-0.2, -0.15) is 5.26 Å². The normalized spacial score (nSPS) is 23.2. The SMILES string of the molecule is CC1CCCC(CN)N1CC(=O)Nc1sccc1C#N. The molecule has 0 aromatic carbocycles. The van der Waals surface area contributed by atoms with Crippen LogP contribution in [0.5, 0.6) is 0 Å². The first-order chi connectivity index (χ1) is 9.65. The summed E-state index contributed by atoms with van der Waals surface area (Å²) >= 11 is 1.37. The van der Waals surface area contributed by atoms with E-state index in [1.165, 1.54) is 17.8 Å². The van der Waals surface area contributed by atoms with Gasteiger partial charge in [-0.1, -0.05) is 6.42 Å². The Morgan fingerprint density at radius 2 is 2.45 bits per heavy atom. The molecule has 0 saturated carbocycles. The number of nitrogens with one attached hydrogen (secondary N) is 1. The van der Waals surface area contributed by atoms with Gasteiger partial charge in [0.25, 0.3) is 0 Å². The Balaban J connectivity index is 1.98. The Bertz CT molecular complexity index is 508. The predicted octanol–water partition coefficient (Wildman–Crippen LogP) is 1.76. The van der Waals surface area contributed by atoms with E-state index < -0.39 is 0 Å². The van der Waals surface area contributed by atoms with Crippen LogP contribution >= 0.6 is 11.3 Å². The summed E-state index contributed by atoms with van der Waals surface area (Å²) < 4.78 is 0. The quantitative estimate of drug-likeness (QED) is 0.886. The predicted molar refractivity (Wildman–Crippen MR) is 80.5 cm³/mol. The van der Waals surface area contributed by atoms with Crippen LogP contribution in [0, 0.1) is 11.3 Å². The van der Waals surface area contributed by atoms with Crippen LogP contribution in [0.2, 0.25) is 0 Å². The molecule has 1 aliphatic rings. The fraction of sp³-hybridized carbons (Fsp3) is 0.571. The lowest BCUT2D eigenvalue weighted by Crippen LogP contribution is -2.51. The maximum atomic E-state index is 12.2. The average molecular weight is 292 g/mol. The third-order valence-electron chi connectivity index (χ3n) is 3.83. The molecule has 1 aromatic heterocycles. The largest absolute Gasteiger partial charge is 0.329 e. The van der Waals surface area contributed by atoms with Crippen molar-refractivity contribution in [3.05, 3.63) is 17.0 Å². The van der Waals surface area contributed by atoms with E-state index in [9.17, 15) is 4.79 Å². The maximum absolute atomic E-state index is 12.2. The lowest BCUT2D eigenvalue weighted by molar-refractivity contribution is -0.118. The lowest BCUT2D eigenvalue weighted by atomic mass is 9.96. The number of carbonyl (C=O) groups excluding carboxylic acids is 1. The van der Waals surface area contributed by atoms with Gasteiger partial charge in [-0.15, -0.1) is 11.3 Å². The molecule has 2 atom stereocenters. The number of anilines is 1. The van der Waals surface area contributed by atoms with Crippen molar-refractivity contribution in [2.24, 2.45) is 5.73 Å². The number of hydrogen-bond donors (Lipinski definition) is 2. The lowest BCUT2D eigenvalue weighted by Gasteiger charge is -2.39. The average Bonchev–Trinajstić information content (AvgIpc) is 2.88. The number of rotatable bonds is 4. The second-order valence-corrected chi connectivity index (χ2v) is 6.08. The van der Waals surface area contributed by atoms with E-state index >= 15 is 0 Å². The number of likely N-dealkylation sites (tertiary alicyclic amines) is 1. The highest BCUT2D eigenvalue weighted by molar-refractivity contribution is 7.14. The van der Waals surface area contributed by atoms with Gasteiger partial charge in [0, 0.05) is 18.6 Å². The van der Waals surface area contributed by atoms with Crippen LogP contribution in [0.25, 0.3) is 0 Å². The molecule has 6 heteroatoms. The van der Waals surface area contributed by atoms with Crippen LogP contribution in [-0.2, 0) is 4.79 Å². The molecule has 2 heterocycles. The number of carbonyl (C=O) groups is 1. The first-order valence-electron chi connectivity index (χ1n) is 6.89. The van der Waals surface area contributed by atoms with Crippen LogP contribution in [0.4, 0.5) is 5.00 Å². The van der Waals surface area contributed by atoms with Gasteiger partial charge in [-0.25, -0.2) is 0 Å². The highest BCUT2D eigenvalue weighted by atomic mass is 32.1. The molecular formula is C14H20N4OS. The Kier molecular flexibility index (Phi) is 5.12. The van der Waals surface area contributed by atoms with Gasteiger partial charge in [-0.3, -0.25) is 9.69 Å². The van der Waals surface area contributed by atoms with Crippen molar-refractivity contribution in [2.45, 2.75) is 38.3 Å². The van der Waals surface area contributed by atoms with Crippen LogP contribution in [0.1, 0.15) is 31.7 Å². The number of nitrogens with zero attached hydrogens (tertiary/aromatic N) is 2. The highest BCUT2D eigenvalue weighted by Crippen LogP contribution is 2.24. The zero-order valence-electron chi connectivity index (χ0n) is 11.6. The monoisotopic (exact) mass is 292 g/mol. The van der Waals surface area contributed by atoms with E-state index in [-0.39, 0.29) is 11.9 Å². The molecular weight excluding hydrogens is 272 g/mol. The summed E-state index contributed by atoms with van der Waals surface area (Å²) in [6, 6.07) is 4.45. The van der Waals surface area contributed by atoms with E-state index in [1.807, 2.05) is 0 Å². The number of nitriles is 1. The number of piperidine rings is 1. The van der Waals surface area contributed by atoms with Gasteiger partial charge in [0.2, 0.25) is 5.91 Å². The molecule has 0 radical (unpaired) electrons. The second-order valence-electron chi connectivity index (χ2n) is 5.17. The Hall–Kier alpha value is -1.42. The van der Waals surface area contributed by atoms with Crippen molar-refractivity contribution >= 4 is 22.2 Å². The summed E-state index contributed by atoms with van der Waals surface area (Å²) in [6.07, 6.45) is 3.33. The molecule has 0 aliphatic carbocycles. The van der Waals surface area contributed by atoms with Gasteiger partial charge in [0.15, 0.2) is 0 Å². The van der Waals surface area contributed by atoms with E-state index in [0.717, 1.165) is 12.8 Å². The number of thiophene rings is 1. The topological polar surface area (TPSA) is 82.2 Å². The maximum Gasteiger partial charge on any atom is 0.239 e. The highest BCUT2D eigenvalue weighted by Gasteiger charge is 2.28. The van der Waals surface area contributed by atoms with Gasteiger partial charge >= 0.3 is 0 Å². The third kappa shape index (κ3) is 3.37. The molecule has 5 nitrogen and oxygen atoms in total. The zero-order chi connectivity index (χ0) is 14.5. The molecule has 1 amide bonds. The number of hydrogen-bond acceptors (Lipinski definition) is 5. The minimum absolute atomic E-state index is 0.0730. The first-order valence-corrected chi connectivity index (χ1v) is 7.77. The molecule has 1 aromatic rings. The first kappa shape index (κ1) is 15.0. The van der Waals surface area contributed by atoms with Crippen LogP contribution in [0.3, 0.4) is 0 Å². The Morgan fingerprint density at radius 1 is 1.65 bits per heavy atom. The van der Waals surface area contributed by atoms with Gasteiger partial charge in [0.1, 0.15) is 11.1 Å².